The molecule has 2 aliphatic rings. The van der Waals surface area contributed by atoms with Gasteiger partial charge in [0.2, 0.25) is 5.91 Å². The Morgan fingerprint density at radius 2 is 1.90 bits per heavy atom. The van der Waals surface area contributed by atoms with Gasteiger partial charge in [-0.15, -0.1) is 0 Å². The average Bonchev–Trinajstić information content (AvgIpc) is 2.76. The summed E-state index contributed by atoms with van der Waals surface area (Å²) in [7, 11) is 0. The summed E-state index contributed by atoms with van der Waals surface area (Å²) in [6.45, 7) is 2.29. The number of hydrogen-bond donors (Lipinski definition) is 1. The molecule has 1 saturated carbocycles. The molecule has 20 heavy (non-hydrogen) atoms. The molecule has 1 amide bonds. The summed E-state index contributed by atoms with van der Waals surface area (Å²) in [5.74, 6) is 1.26. The number of rotatable bonds is 2. The zero-order valence-electron chi connectivity index (χ0n) is 11.9. The molecule has 2 atom stereocenters. The minimum absolute atomic E-state index is 0.137. The number of halogens is 1. The van der Waals surface area contributed by atoms with Crippen LogP contribution in [0.25, 0.3) is 0 Å². The number of nitrogens with one attached hydrogen (secondary N) is 1. The van der Waals surface area contributed by atoms with Crippen LogP contribution in [0.4, 0.5) is 0 Å². The van der Waals surface area contributed by atoms with Crippen LogP contribution in [0.5, 0.6) is 0 Å². The fourth-order valence-electron chi connectivity index (χ4n) is 3.51. The molecule has 0 bridgehead atoms. The van der Waals surface area contributed by atoms with Gasteiger partial charge in [0.1, 0.15) is 0 Å². The van der Waals surface area contributed by atoms with Crippen molar-refractivity contribution < 1.29 is 4.79 Å². The zero-order valence-corrected chi connectivity index (χ0v) is 13.5. The van der Waals surface area contributed by atoms with Crippen molar-refractivity contribution in [1.29, 1.82) is 0 Å². The van der Waals surface area contributed by atoms with Crippen molar-refractivity contribution in [2.24, 2.45) is 11.8 Å². The third-order valence-electron chi connectivity index (χ3n) is 4.85. The topological polar surface area (TPSA) is 29.1 Å². The third-order valence-corrected chi connectivity index (χ3v) is 5.70. The number of hydrogen-bond acceptors (Lipinski definition) is 1. The van der Waals surface area contributed by atoms with Gasteiger partial charge in [0.05, 0.1) is 6.04 Å². The van der Waals surface area contributed by atoms with Gasteiger partial charge in [-0.3, -0.25) is 4.79 Å². The lowest BCUT2D eigenvalue weighted by atomic mass is 9.82. The number of amides is 1. The van der Waals surface area contributed by atoms with Crippen LogP contribution in [0.1, 0.15) is 49.8 Å². The van der Waals surface area contributed by atoms with E-state index in [1.165, 1.54) is 24.0 Å². The molecule has 1 fully saturated rings. The molecule has 0 heterocycles. The summed E-state index contributed by atoms with van der Waals surface area (Å²) in [6, 6.07) is 8.58. The molecular weight excluding hydrogens is 314 g/mol. The Labute approximate surface area is 129 Å². The number of benzene rings is 1. The second-order valence-corrected chi connectivity index (χ2v) is 7.54. The average molecular weight is 336 g/mol. The van der Waals surface area contributed by atoms with E-state index in [2.05, 4.69) is 52.4 Å². The molecule has 1 N–H and O–H groups in total. The molecule has 108 valence electrons. The highest BCUT2D eigenvalue weighted by Gasteiger charge is 2.33. The van der Waals surface area contributed by atoms with E-state index in [1.54, 1.807) is 0 Å². The molecular formula is C17H22BrNO. The molecule has 0 spiro atoms. The first-order chi connectivity index (χ1) is 9.65. The van der Waals surface area contributed by atoms with Gasteiger partial charge < -0.3 is 5.32 Å². The van der Waals surface area contributed by atoms with Crippen LogP contribution in [-0.2, 0) is 11.2 Å². The van der Waals surface area contributed by atoms with E-state index in [0.717, 1.165) is 25.2 Å². The van der Waals surface area contributed by atoms with Gasteiger partial charge >= 0.3 is 0 Å². The maximum absolute atomic E-state index is 12.5. The third kappa shape index (κ3) is 2.78. The monoisotopic (exact) mass is 335 g/mol. The van der Waals surface area contributed by atoms with Crippen LogP contribution in [-0.4, -0.2) is 10.7 Å². The van der Waals surface area contributed by atoms with Crippen LogP contribution in [0.15, 0.2) is 24.3 Å². The molecule has 0 radical (unpaired) electrons. The fourth-order valence-corrected chi connectivity index (χ4v) is 4.27. The van der Waals surface area contributed by atoms with E-state index in [9.17, 15) is 4.79 Å². The molecule has 2 unspecified atom stereocenters. The first-order valence-corrected chi connectivity index (χ1v) is 8.59. The van der Waals surface area contributed by atoms with E-state index >= 15 is 0 Å². The summed E-state index contributed by atoms with van der Waals surface area (Å²) in [6.07, 6.45) is 5.49. The highest BCUT2D eigenvalue weighted by Crippen LogP contribution is 2.36. The SMILES string of the molecule is CC1CCC(C(=O)NC2c3ccccc3CC2Br)CC1. The van der Waals surface area contributed by atoms with Crippen molar-refractivity contribution in [3.05, 3.63) is 35.4 Å². The minimum Gasteiger partial charge on any atom is -0.348 e. The highest BCUT2D eigenvalue weighted by molar-refractivity contribution is 9.09. The molecule has 0 aromatic heterocycles. The number of carbonyl (C=O) groups is 1. The molecule has 0 saturated heterocycles. The Hall–Kier alpha value is -0.830. The van der Waals surface area contributed by atoms with Crippen molar-refractivity contribution in [2.75, 3.05) is 0 Å². The van der Waals surface area contributed by atoms with Gasteiger partial charge in [0.25, 0.3) is 0 Å². The smallest absolute Gasteiger partial charge is 0.223 e. The van der Waals surface area contributed by atoms with Gasteiger partial charge in [-0.25, -0.2) is 0 Å². The molecule has 1 aromatic rings. The number of alkyl halides is 1. The Morgan fingerprint density at radius 3 is 2.65 bits per heavy atom. The predicted octanol–water partition coefficient (Wildman–Crippen LogP) is 3.99. The lowest BCUT2D eigenvalue weighted by molar-refractivity contribution is -0.126. The summed E-state index contributed by atoms with van der Waals surface area (Å²) in [5, 5.41) is 3.28. The van der Waals surface area contributed by atoms with Gasteiger partial charge in [-0.1, -0.05) is 47.1 Å². The molecule has 2 aliphatic carbocycles. The Balaban J connectivity index is 1.67. The van der Waals surface area contributed by atoms with E-state index in [1.807, 2.05) is 0 Å². The lowest BCUT2D eigenvalue weighted by Crippen LogP contribution is -2.37. The predicted molar refractivity (Wildman–Crippen MR) is 84.9 cm³/mol. The van der Waals surface area contributed by atoms with Crippen LogP contribution in [0, 0.1) is 11.8 Å². The maximum atomic E-state index is 12.5. The Kier molecular flexibility index (Phi) is 4.16. The summed E-state index contributed by atoms with van der Waals surface area (Å²) >= 11 is 3.73. The Bertz CT molecular complexity index is 494. The number of fused-ring (bicyclic) bond motifs is 1. The van der Waals surface area contributed by atoms with Gasteiger partial charge in [-0.2, -0.15) is 0 Å². The first kappa shape index (κ1) is 14.1. The molecule has 3 rings (SSSR count). The van der Waals surface area contributed by atoms with Crippen molar-refractivity contribution in [2.45, 2.75) is 49.9 Å². The van der Waals surface area contributed by atoms with Crippen LogP contribution >= 0.6 is 15.9 Å². The summed E-state index contributed by atoms with van der Waals surface area (Å²) in [4.78, 5) is 12.8. The normalized spacial score (nSPS) is 32.7. The van der Waals surface area contributed by atoms with Crippen molar-refractivity contribution in [3.63, 3.8) is 0 Å². The Morgan fingerprint density at radius 1 is 1.20 bits per heavy atom. The standard InChI is InChI=1S/C17H22BrNO/c1-11-6-8-12(9-7-11)17(20)19-16-14-5-3-2-4-13(14)10-15(16)18/h2-5,11-12,15-16H,6-10H2,1H3,(H,19,20). The second kappa shape index (κ2) is 5.88. The quantitative estimate of drug-likeness (QED) is 0.813. The second-order valence-electron chi connectivity index (χ2n) is 6.36. The fraction of sp³-hybridized carbons (Fsp3) is 0.588. The molecule has 3 heteroatoms. The maximum Gasteiger partial charge on any atom is 0.223 e. The van der Waals surface area contributed by atoms with E-state index in [-0.39, 0.29) is 17.9 Å². The van der Waals surface area contributed by atoms with Crippen molar-refractivity contribution in [1.82, 2.24) is 5.32 Å². The summed E-state index contributed by atoms with van der Waals surface area (Å²) < 4.78 is 0. The molecule has 2 nitrogen and oxygen atoms in total. The first-order valence-electron chi connectivity index (χ1n) is 7.67. The van der Waals surface area contributed by atoms with Crippen LogP contribution in [0.3, 0.4) is 0 Å². The number of carbonyl (C=O) groups excluding carboxylic acids is 1. The molecule has 1 aromatic carbocycles. The largest absolute Gasteiger partial charge is 0.348 e. The van der Waals surface area contributed by atoms with E-state index in [0.29, 0.717) is 4.83 Å². The van der Waals surface area contributed by atoms with Gasteiger partial charge in [0, 0.05) is 10.7 Å². The summed E-state index contributed by atoms with van der Waals surface area (Å²) in [5.41, 5.74) is 2.64. The minimum atomic E-state index is 0.137. The lowest BCUT2D eigenvalue weighted by Gasteiger charge is -2.27. The highest BCUT2D eigenvalue weighted by atomic mass is 79.9. The molecule has 0 aliphatic heterocycles. The van der Waals surface area contributed by atoms with Gasteiger partial charge in [0.15, 0.2) is 0 Å². The van der Waals surface area contributed by atoms with Crippen LogP contribution in [0.2, 0.25) is 0 Å². The van der Waals surface area contributed by atoms with Crippen molar-refractivity contribution >= 4 is 21.8 Å². The van der Waals surface area contributed by atoms with E-state index in [4.69, 9.17) is 0 Å². The van der Waals surface area contributed by atoms with Crippen LogP contribution < -0.4 is 5.32 Å². The zero-order chi connectivity index (χ0) is 14.1. The van der Waals surface area contributed by atoms with E-state index < -0.39 is 0 Å². The van der Waals surface area contributed by atoms with Gasteiger partial charge in [-0.05, 0) is 49.1 Å². The van der Waals surface area contributed by atoms with Crippen molar-refractivity contribution in [3.8, 4) is 0 Å².